The Labute approximate surface area is 198 Å². The van der Waals surface area contributed by atoms with Crippen LogP contribution >= 0.6 is 23.4 Å². The highest BCUT2D eigenvalue weighted by Gasteiger charge is 2.43. The molecule has 0 radical (unpaired) electrons. The van der Waals surface area contributed by atoms with Crippen LogP contribution in [-0.4, -0.2) is 54.8 Å². The number of nitrogens with zero attached hydrogens (tertiary/aromatic N) is 1. The molecule has 0 saturated heterocycles. The zero-order valence-corrected chi connectivity index (χ0v) is 20.3. The molecule has 9 heteroatoms. The molecule has 1 N–H and O–H groups in total. The van der Waals surface area contributed by atoms with Crippen molar-refractivity contribution >= 4 is 47.4 Å². The van der Waals surface area contributed by atoms with Crippen LogP contribution in [-0.2, 0) is 23.9 Å². The van der Waals surface area contributed by atoms with E-state index >= 15 is 0 Å². The zero-order valence-electron chi connectivity index (χ0n) is 18.7. The number of halogens is 1. The molecule has 0 bridgehead atoms. The van der Waals surface area contributed by atoms with Crippen molar-refractivity contribution in [3.63, 3.8) is 0 Å². The summed E-state index contributed by atoms with van der Waals surface area (Å²) in [6.45, 7) is 7.74. The largest absolute Gasteiger partial charge is 0.463 e. The fourth-order valence-electron chi connectivity index (χ4n) is 3.52. The number of hydrogen-bond donors (Lipinski definition) is 1. The molecule has 1 heterocycles. The topological polar surface area (TPSA) is 94.1 Å². The predicted molar refractivity (Wildman–Crippen MR) is 127 cm³/mol. The van der Waals surface area contributed by atoms with Gasteiger partial charge in [-0.1, -0.05) is 23.7 Å². The van der Waals surface area contributed by atoms with Gasteiger partial charge in [-0.05, 0) is 45.4 Å². The van der Waals surface area contributed by atoms with E-state index in [0.717, 1.165) is 0 Å². The molecule has 0 spiro atoms. The summed E-state index contributed by atoms with van der Waals surface area (Å²) in [6.07, 6.45) is 0.333. The summed E-state index contributed by atoms with van der Waals surface area (Å²) in [6, 6.07) is 7.11. The first kappa shape index (κ1) is 25.9. The van der Waals surface area contributed by atoms with Gasteiger partial charge in [0.25, 0.3) is 0 Å². The maximum Gasteiger partial charge on any atom is 0.336 e. The molecule has 0 saturated carbocycles. The third kappa shape index (κ3) is 6.84. The molecule has 0 aromatic heterocycles. The van der Waals surface area contributed by atoms with Crippen LogP contribution < -0.4 is 5.32 Å². The summed E-state index contributed by atoms with van der Waals surface area (Å²) < 4.78 is 10.9. The summed E-state index contributed by atoms with van der Waals surface area (Å²) in [7, 11) is 0. The van der Waals surface area contributed by atoms with Crippen LogP contribution in [0.4, 0.5) is 0 Å². The van der Waals surface area contributed by atoms with Crippen molar-refractivity contribution in [3.8, 4) is 0 Å². The number of ether oxygens (including phenoxy) is 2. The quantitative estimate of drug-likeness (QED) is 0.294. The highest BCUT2D eigenvalue weighted by molar-refractivity contribution is 7.99. The van der Waals surface area contributed by atoms with Crippen LogP contribution in [0.15, 0.2) is 40.5 Å². The second-order valence-electron chi connectivity index (χ2n) is 7.45. The monoisotopic (exact) mass is 480 g/mol. The van der Waals surface area contributed by atoms with Crippen LogP contribution in [0.1, 0.15) is 39.2 Å². The lowest BCUT2D eigenvalue weighted by atomic mass is 9.75. The average Bonchev–Trinajstić information content (AvgIpc) is 2.72. The van der Waals surface area contributed by atoms with Crippen LogP contribution in [0, 0.1) is 5.92 Å². The van der Waals surface area contributed by atoms with Gasteiger partial charge < -0.3 is 14.8 Å². The summed E-state index contributed by atoms with van der Waals surface area (Å²) in [4.78, 5) is 41.3. The lowest BCUT2D eigenvalue weighted by Gasteiger charge is -2.32. The SMILES string of the molecule is CCOC(=O)C1=C(CSCCNC=O)N=C(C)C(C(=O)OC(C)C)C1c1cccc(Cl)c1. The Balaban J connectivity index is 2.56. The Morgan fingerprint density at radius 1 is 1.34 bits per heavy atom. The van der Waals surface area contributed by atoms with Gasteiger partial charge in [-0.15, -0.1) is 0 Å². The molecule has 32 heavy (non-hydrogen) atoms. The molecule has 0 aliphatic carbocycles. The maximum absolute atomic E-state index is 13.1. The molecule has 1 aromatic rings. The Morgan fingerprint density at radius 3 is 2.72 bits per heavy atom. The lowest BCUT2D eigenvalue weighted by molar-refractivity contribution is -0.150. The number of benzene rings is 1. The average molecular weight is 481 g/mol. The molecule has 2 unspecified atom stereocenters. The number of aliphatic imine (C=N–C) groups is 1. The number of thioether (sulfide) groups is 1. The molecule has 7 nitrogen and oxygen atoms in total. The summed E-state index contributed by atoms with van der Waals surface area (Å²) in [5, 5.41) is 3.11. The van der Waals surface area contributed by atoms with Crippen molar-refractivity contribution in [2.24, 2.45) is 10.9 Å². The number of hydrogen-bond acceptors (Lipinski definition) is 7. The zero-order chi connectivity index (χ0) is 23.7. The number of carbonyl (C=O) groups is 3. The van der Waals surface area contributed by atoms with Gasteiger partial charge in [-0.25, -0.2) is 4.79 Å². The van der Waals surface area contributed by atoms with Crippen molar-refractivity contribution < 1.29 is 23.9 Å². The minimum Gasteiger partial charge on any atom is -0.463 e. The molecule has 1 aliphatic rings. The van der Waals surface area contributed by atoms with E-state index < -0.39 is 23.8 Å². The fourth-order valence-corrected chi connectivity index (χ4v) is 4.54. The lowest BCUT2D eigenvalue weighted by Crippen LogP contribution is -2.38. The third-order valence-electron chi connectivity index (χ3n) is 4.74. The van der Waals surface area contributed by atoms with E-state index in [-0.39, 0.29) is 12.7 Å². The summed E-state index contributed by atoms with van der Waals surface area (Å²) in [5.41, 5.74) is 2.16. The van der Waals surface area contributed by atoms with E-state index in [1.54, 1.807) is 45.9 Å². The highest BCUT2D eigenvalue weighted by atomic mass is 35.5. The van der Waals surface area contributed by atoms with Crippen LogP contribution in [0.5, 0.6) is 0 Å². The van der Waals surface area contributed by atoms with Gasteiger partial charge in [0, 0.05) is 34.7 Å². The molecular formula is C23H29ClN2O5S. The fraction of sp³-hybridized carbons (Fsp3) is 0.478. The van der Waals surface area contributed by atoms with Crippen LogP contribution in [0.3, 0.4) is 0 Å². The summed E-state index contributed by atoms with van der Waals surface area (Å²) >= 11 is 7.78. The molecule has 1 aromatic carbocycles. The van der Waals surface area contributed by atoms with E-state index in [0.29, 0.717) is 52.0 Å². The number of rotatable bonds is 11. The minimum absolute atomic E-state index is 0.193. The van der Waals surface area contributed by atoms with Crippen LogP contribution in [0.2, 0.25) is 5.02 Å². The van der Waals surface area contributed by atoms with Crippen molar-refractivity contribution in [1.82, 2.24) is 5.32 Å². The van der Waals surface area contributed by atoms with Gasteiger partial charge >= 0.3 is 11.9 Å². The van der Waals surface area contributed by atoms with Crippen molar-refractivity contribution in [1.29, 1.82) is 0 Å². The van der Waals surface area contributed by atoms with Gasteiger partial charge in [-0.3, -0.25) is 14.6 Å². The van der Waals surface area contributed by atoms with Crippen molar-refractivity contribution in [2.45, 2.75) is 39.7 Å². The predicted octanol–water partition coefficient (Wildman–Crippen LogP) is 3.76. The van der Waals surface area contributed by atoms with Crippen molar-refractivity contribution in [3.05, 3.63) is 46.1 Å². The first-order valence-corrected chi connectivity index (χ1v) is 12.0. The molecule has 2 rings (SSSR count). The number of nitrogens with one attached hydrogen (secondary N) is 1. The second kappa shape index (κ2) is 12.6. The Bertz CT molecular complexity index is 900. The standard InChI is InChI=1S/C23H29ClN2O5S/c1-5-30-22(28)21-18(12-32-10-9-25-13-27)26-15(4)19(23(29)31-14(2)3)20(21)16-7-6-8-17(24)11-16/h6-8,11,13-14,19-20H,5,9-10,12H2,1-4H3,(H,25,27). The van der Waals surface area contributed by atoms with Crippen LogP contribution in [0.25, 0.3) is 0 Å². The van der Waals surface area contributed by atoms with Gasteiger partial charge in [0.2, 0.25) is 6.41 Å². The van der Waals surface area contributed by atoms with Gasteiger partial charge in [0.1, 0.15) is 5.92 Å². The van der Waals surface area contributed by atoms with Gasteiger partial charge in [0.15, 0.2) is 0 Å². The minimum atomic E-state index is -0.777. The number of amides is 1. The van der Waals surface area contributed by atoms with Gasteiger partial charge in [-0.2, -0.15) is 11.8 Å². The first-order chi connectivity index (χ1) is 15.3. The number of carbonyl (C=O) groups excluding carboxylic acids is 3. The van der Waals surface area contributed by atoms with E-state index in [2.05, 4.69) is 10.3 Å². The second-order valence-corrected chi connectivity index (χ2v) is 9.00. The Morgan fingerprint density at radius 2 is 2.09 bits per heavy atom. The molecule has 2 atom stereocenters. The van der Waals surface area contributed by atoms with Gasteiger partial charge in [0.05, 0.1) is 24.0 Å². The van der Waals surface area contributed by atoms with E-state index in [9.17, 15) is 14.4 Å². The summed E-state index contributed by atoms with van der Waals surface area (Å²) in [5.74, 6) is -1.31. The maximum atomic E-state index is 13.1. The molecular weight excluding hydrogens is 452 g/mol. The molecule has 1 amide bonds. The first-order valence-electron chi connectivity index (χ1n) is 10.5. The molecule has 174 valence electrons. The normalized spacial score (nSPS) is 18.2. The molecule has 1 aliphatic heterocycles. The Hall–Kier alpha value is -2.32. The molecule has 0 fully saturated rings. The number of esters is 2. The Kier molecular flexibility index (Phi) is 10.3. The highest BCUT2D eigenvalue weighted by Crippen LogP contribution is 2.41. The third-order valence-corrected chi connectivity index (χ3v) is 5.94. The van der Waals surface area contributed by atoms with E-state index in [4.69, 9.17) is 21.1 Å². The van der Waals surface area contributed by atoms with E-state index in [1.165, 1.54) is 11.8 Å². The van der Waals surface area contributed by atoms with Crippen molar-refractivity contribution in [2.75, 3.05) is 24.7 Å². The van der Waals surface area contributed by atoms with E-state index in [1.807, 2.05) is 6.07 Å². The smallest absolute Gasteiger partial charge is 0.336 e.